The standard InChI is InChI=1S/C18H20FNO/c19-17-7-2-6-16(11-17)15-5-1-4-14(10-15)12-20-9-3-8-18(21)13-20/h1-2,4-7,10-11,18,21H,3,8-9,12-13H2. The first-order chi connectivity index (χ1) is 10.2. The maximum atomic E-state index is 13.3. The summed E-state index contributed by atoms with van der Waals surface area (Å²) < 4.78 is 13.3. The summed E-state index contributed by atoms with van der Waals surface area (Å²) in [5.41, 5.74) is 3.13. The molecule has 3 heteroatoms. The van der Waals surface area contributed by atoms with Gasteiger partial charge in [0.25, 0.3) is 0 Å². The lowest BCUT2D eigenvalue weighted by Gasteiger charge is -2.30. The van der Waals surface area contributed by atoms with Gasteiger partial charge in [-0.1, -0.05) is 30.3 Å². The number of hydrogen-bond donors (Lipinski definition) is 1. The summed E-state index contributed by atoms with van der Waals surface area (Å²) in [5, 5.41) is 9.74. The number of halogens is 1. The van der Waals surface area contributed by atoms with E-state index in [0.29, 0.717) is 0 Å². The van der Waals surface area contributed by atoms with Crippen molar-refractivity contribution in [1.82, 2.24) is 4.90 Å². The zero-order valence-electron chi connectivity index (χ0n) is 12.0. The molecule has 0 saturated carbocycles. The Bertz CT molecular complexity index is 614. The van der Waals surface area contributed by atoms with Crippen LogP contribution in [0, 0.1) is 5.82 Å². The van der Waals surface area contributed by atoms with Crippen LogP contribution in [0.25, 0.3) is 11.1 Å². The molecule has 110 valence electrons. The number of aliphatic hydroxyl groups is 1. The SMILES string of the molecule is OC1CCCN(Cc2cccc(-c3cccc(F)c3)c2)C1. The zero-order valence-corrected chi connectivity index (χ0v) is 12.0. The Labute approximate surface area is 124 Å². The normalized spacial score (nSPS) is 19.6. The quantitative estimate of drug-likeness (QED) is 0.933. The number of rotatable bonds is 3. The highest BCUT2D eigenvalue weighted by molar-refractivity contribution is 5.64. The molecule has 2 aromatic carbocycles. The lowest BCUT2D eigenvalue weighted by Crippen LogP contribution is -2.37. The van der Waals surface area contributed by atoms with Crippen LogP contribution in [-0.4, -0.2) is 29.2 Å². The minimum atomic E-state index is -0.211. The fraction of sp³-hybridized carbons (Fsp3) is 0.333. The molecule has 0 aliphatic carbocycles. The second-order valence-corrected chi connectivity index (χ2v) is 5.74. The molecule has 2 nitrogen and oxygen atoms in total. The van der Waals surface area contributed by atoms with Gasteiger partial charge >= 0.3 is 0 Å². The predicted molar refractivity (Wildman–Crippen MR) is 82.4 cm³/mol. The molecular weight excluding hydrogens is 265 g/mol. The van der Waals surface area contributed by atoms with E-state index in [0.717, 1.165) is 43.6 Å². The number of likely N-dealkylation sites (tertiary alicyclic amines) is 1. The molecule has 0 radical (unpaired) electrons. The van der Waals surface area contributed by atoms with E-state index in [1.807, 2.05) is 18.2 Å². The average Bonchev–Trinajstić information content (AvgIpc) is 2.47. The summed E-state index contributed by atoms with van der Waals surface area (Å²) in [6.45, 7) is 2.60. The first kappa shape index (κ1) is 14.2. The summed E-state index contributed by atoms with van der Waals surface area (Å²) in [4.78, 5) is 2.28. The summed E-state index contributed by atoms with van der Waals surface area (Å²) in [6, 6.07) is 14.9. The molecule has 1 atom stereocenters. The van der Waals surface area contributed by atoms with Gasteiger partial charge in [0.1, 0.15) is 5.82 Å². The second kappa shape index (κ2) is 6.37. The van der Waals surface area contributed by atoms with Crippen LogP contribution in [-0.2, 0) is 6.54 Å². The van der Waals surface area contributed by atoms with Gasteiger partial charge in [-0.25, -0.2) is 4.39 Å². The van der Waals surface area contributed by atoms with Gasteiger partial charge in [0.2, 0.25) is 0 Å². The molecular formula is C18H20FNO. The molecule has 3 rings (SSSR count). The Hall–Kier alpha value is -1.71. The van der Waals surface area contributed by atoms with Gasteiger partial charge < -0.3 is 5.11 Å². The van der Waals surface area contributed by atoms with E-state index in [4.69, 9.17) is 0 Å². The van der Waals surface area contributed by atoms with E-state index in [1.165, 1.54) is 11.6 Å². The largest absolute Gasteiger partial charge is 0.392 e. The molecule has 1 saturated heterocycles. The van der Waals surface area contributed by atoms with Crippen LogP contribution in [0.3, 0.4) is 0 Å². The van der Waals surface area contributed by atoms with Crippen LogP contribution in [0.2, 0.25) is 0 Å². The number of hydrogen-bond acceptors (Lipinski definition) is 2. The van der Waals surface area contributed by atoms with Gasteiger partial charge in [-0.2, -0.15) is 0 Å². The third kappa shape index (κ3) is 3.69. The summed E-state index contributed by atoms with van der Waals surface area (Å²) in [5.74, 6) is -0.211. The van der Waals surface area contributed by atoms with Gasteiger partial charge in [0.15, 0.2) is 0 Å². The second-order valence-electron chi connectivity index (χ2n) is 5.74. The first-order valence-electron chi connectivity index (χ1n) is 7.46. The van der Waals surface area contributed by atoms with Gasteiger partial charge in [-0.05, 0) is 54.3 Å². The molecule has 2 aromatic rings. The van der Waals surface area contributed by atoms with Crippen LogP contribution in [0.1, 0.15) is 18.4 Å². The van der Waals surface area contributed by atoms with E-state index in [-0.39, 0.29) is 11.9 Å². The molecule has 1 heterocycles. The lowest BCUT2D eigenvalue weighted by atomic mass is 10.0. The molecule has 21 heavy (non-hydrogen) atoms. The predicted octanol–water partition coefficient (Wildman–Crippen LogP) is 3.45. The molecule has 1 aliphatic heterocycles. The van der Waals surface area contributed by atoms with Crippen molar-refractivity contribution in [1.29, 1.82) is 0 Å². The van der Waals surface area contributed by atoms with E-state index < -0.39 is 0 Å². The number of aliphatic hydroxyl groups excluding tert-OH is 1. The smallest absolute Gasteiger partial charge is 0.123 e. The Morgan fingerprint density at radius 1 is 1.10 bits per heavy atom. The Balaban J connectivity index is 1.77. The molecule has 1 fully saturated rings. The minimum Gasteiger partial charge on any atom is -0.392 e. The van der Waals surface area contributed by atoms with Crippen LogP contribution in [0.15, 0.2) is 48.5 Å². The van der Waals surface area contributed by atoms with Crippen LogP contribution >= 0.6 is 0 Å². The van der Waals surface area contributed by atoms with Crippen LogP contribution in [0.5, 0.6) is 0 Å². The van der Waals surface area contributed by atoms with Gasteiger partial charge in [-0.3, -0.25) is 4.90 Å². The van der Waals surface area contributed by atoms with Crippen molar-refractivity contribution in [2.24, 2.45) is 0 Å². The molecule has 1 aliphatic rings. The van der Waals surface area contributed by atoms with Crippen molar-refractivity contribution < 1.29 is 9.50 Å². The molecule has 1 unspecified atom stereocenters. The highest BCUT2D eigenvalue weighted by Crippen LogP contribution is 2.22. The first-order valence-corrected chi connectivity index (χ1v) is 7.46. The van der Waals surface area contributed by atoms with E-state index >= 15 is 0 Å². The Morgan fingerprint density at radius 2 is 1.86 bits per heavy atom. The van der Waals surface area contributed by atoms with Crippen molar-refractivity contribution in [3.05, 3.63) is 59.9 Å². The fourth-order valence-corrected chi connectivity index (χ4v) is 2.95. The molecule has 0 spiro atoms. The highest BCUT2D eigenvalue weighted by Gasteiger charge is 2.17. The van der Waals surface area contributed by atoms with Crippen LogP contribution < -0.4 is 0 Å². The number of β-amino-alcohol motifs (C(OH)–C–C–N with tert-alkyl or cyclic N) is 1. The molecule has 0 amide bonds. The fourth-order valence-electron chi connectivity index (χ4n) is 2.95. The van der Waals surface area contributed by atoms with Gasteiger partial charge in [0, 0.05) is 13.1 Å². The Kier molecular flexibility index (Phi) is 4.32. The number of benzene rings is 2. The van der Waals surface area contributed by atoms with E-state index in [9.17, 15) is 9.50 Å². The monoisotopic (exact) mass is 285 g/mol. The van der Waals surface area contributed by atoms with Crippen molar-refractivity contribution >= 4 is 0 Å². The molecule has 1 N–H and O–H groups in total. The van der Waals surface area contributed by atoms with Gasteiger partial charge in [-0.15, -0.1) is 0 Å². The van der Waals surface area contributed by atoms with Crippen molar-refractivity contribution in [2.75, 3.05) is 13.1 Å². The highest BCUT2D eigenvalue weighted by atomic mass is 19.1. The van der Waals surface area contributed by atoms with Crippen molar-refractivity contribution in [2.45, 2.75) is 25.5 Å². The lowest BCUT2D eigenvalue weighted by molar-refractivity contribution is 0.0668. The van der Waals surface area contributed by atoms with Gasteiger partial charge in [0.05, 0.1) is 6.10 Å². The maximum absolute atomic E-state index is 13.3. The summed E-state index contributed by atoms with van der Waals surface area (Å²) >= 11 is 0. The minimum absolute atomic E-state index is 0.204. The number of piperidine rings is 1. The third-order valence-corrected chi connectivity index (χ3v) is 3.97. The van der Waals surface area contributed by atoms with E-state index in [1.54, 1.807) is 12.1 Å². The third-order valence-electron chi connectivity index (χ3n) is 3.97. The van der Waals surface area contributed by atoms with Crippen molar-refractivity contribution in [3.63, 3.8) is 0 Å². The molecule has 0 aromatic heterocycles. The Morgan fingerprint density at radius 3 is 2.62 bits per heavy atom. The average molecular weight is 285 g/mol. The summed E-state index contributed by atoms with van der Waals surface area (Å²) in [6.07, 6.45) is 1.75. The van der Waals surface area contributed by atoms with Crippen LogP contribution in [0.4, 0.5) is 4.39 Å². The zero-order chi connectivity index (χ0) is 14.7. The van der Waals surface area contributed by atoms with Crippen molar-refractivity contribution in [3.8, 4) is 11.1 Å². The summed E-state index contributed by atoms with van der Waals surface area (Å²) in [7, 11) is 0. The molecule has 0 bridgehead atoms. The topological polar surface area (TPSA) is 23.5 Å². The maximum Gasteiger partial charge on any atom is 0.123 e. The number of nitrogens with zero attached hydrogens (tertiary/aromatic N) is 1. The van der Waals surface area contributed by atoms with E-state index in [2.05, 4.69) is 17.0 Å².